The van der Waals surface area contributed by atoms with Crippen LogP contribution in [0.4, 0.5) is 0 Å². The summed E-state index contributed by atoms with van der Waals surface area (Å²) < 4.78 is 22.7. The highest BCUT2D eigenvalue weighted by atomic mass is 32.2. The summed E-state index contributed by atoms with van der Waals surface area (Å²) in [5.74, 6) is -0.364. The maximum absolute atomic E-state index is 12.1. The molecule has 0 aliphatic rings. The molecule has 0 radical (unpaired) electrons. The number of carbonyl (C=O) groups excluding carboxylic acids is 1. The van der Waals surface area contributed by atoms with E-state index in [2.05, 4.69) is 5.32 Å². The van der Waals surface area contributed by atoms with E-state index in [0.717, 1.165) is 6.26 Å². The van der Waals surface area contributed by atoms with Gasteiger partial charge >= 0.3 is 0 Å². The second-order valence-electron chi connectivity index (χ2n) is 5.93. The van der Waals surface area contributed by atoms with Crippen LogP contribution in [-0.4, -0.2) is 36.8 Å². The quantitative estimate of drug-likeness (QED) is 0.879. The van der Waals surface area contributed by atoms with E-state index >= 15 is 0 Å². The van der Waals surface area contributed by atoms with Gasteiger partial charge in [-0.15, -0.1) is 0 Å². The molecule has 0 spiro atoms. The SMILES string of the molecule is CC(C)(O)C(C)(C)NC(=O)c1ccc(S(C)(=O)=O)cc1. The fraction of sp³-hybridized carbons (Fsp3) is 0.500. The van der Waals surface area contributed by atoms with Crippen molar-refractivity contribution in [2.75, 3.05) is 6.26 Å². The van der Waals surface area contributed by atoms with Gasteiger partial charge in [0.2, 0.25) is 0 Å². The lowest BCUT2D eigenvalue weighted by atomic mass is 9.86. The van der Waals surface area contributed by atoms with Gasteiger partial charge in [-0.3, -0.25) is 4.79 Å². The van der Waals surface area contributed by atoms with Gasteiger partial charge in [0, 0.05) is 11.8 Å². The van der Waals surface area contributed by atoms with Crippen molar-refractivity contribution in [1.82, 2.24) is 5.32 Å². The van der Waals surface area contributed by atoms with Gasteiger partial charge in [0.25, 0.3) is 5.91 Å². The zero-order valence-corrected chi connectivity index (χ0v) is 13.2. The lowest BCUT2D eigenvalue weighted by Gasteiger charge is -2.38. The first-order valence-electron chi connectivity index (χ1n) is 6.19. The van der Waals surface area contributed by atoms with Gasteiger partial charge in [-0.1, -0.05) is 0 Å². The summed E-state index contributed by atoms with van der Waals surface area (Å²) in [7, 11) is -3.28. The number of sulfone groups is 1. The van der Waals surface area contributed by atoms with Crippen LogP contribution in [-0.2, 0) is 9.84 Å². The number of hydrogen-bond acceptors (Lipinski definition) is 4. The Hall–Kier alpha value is -1.40. The molecule has 0 aliphatic heterocycles. The van der Waals surface area contributed by atoms with E-state index in [1.54, 1.807) is 27.7 Å². The highest BCUT2D eigenvalue weighted by molar-refractivity contribution is 7.90. The number of rotatable bonds is 4. The zero-order chi connectivity index (χ0) is 15.8. The molecule has 1 aromatic carbocycles. The van der Waals surface area contributed by atoms with Crippen LogP contribution in [0.2, 0.25) is 0 Å². The van der Waals surface area contributed by atoms with Gasteiger partial charge < -0.3 is 10.4 Å². The number of aliphatic hydroxyl groups is 1. The van der Waals surface area contributed by atoms with Crippen LogP contribution in [0.15, 0.2) is 29.2 Å². The Balaban J connectivity index is 2.95. The third-order valence-electron chi connectivity index (χ3n) is 3.50. The summed E-state index contributed by atoms with van der Waals surface area (Å²) in [4.78, 5) is 12.3. The van der Waals surface area contributed by atoms with Gasteiger partial charge in [-0.2, -0.15) is 0 Å². The molecule has 112 valence electrons. The van der Waals surface area contributed by atoms with Gasteiger partial charge in [-0.05, 0) is 52.0 Å². The molecule has 6 heteroatoms. The van der Waals surface area contributed by atoms with Crippen molar-refractivity contribution in [2.24, 2.45) is 0 Å². The van der Waals surface area contributed by atoms with Crippen molar-refractivity contribution >= 4 is 15.7 Å². The zero-order valence-electron chi connectivity index (χ0n) is 12.4. The predicted octanol–water partition coefficient (Wildman–Crippen LogP) is 1.37. The smallest absolute Gasteiger partial charge is 0.251 e. The molecule has 0 saturated heterocycles. The molecule has 1 rings (SSSR count). The van der Waals surface area contributed by atoms with Crippen LogP contribution >= 0.6 is 0 Å². The molecule has 0 fully saturated rings. The predicted molar refractivity (Wildman–Crippen MR) is 77.4 cm³/mol. The van der Waals surface area contributed by atoms with Gasteiger partial charge in [-0.25, -0.2) is 8.42 Å². The number of benzene rings is 1. The maximum atomic E-state index is 12.1. The van der Waals surface area contributed by atoms with E-state index in [4.69, 9.17) is 0 Å². The largest absolute Gasteiger partial charge is 0.388 e. The first-order chi connectivity index (χ1) is 8.84. The fourth-order valence-electron chi connectivity index (χ4n) is 1.36. The second-order valence-corrected chi connectivity index (χ2v) is 7.95. The highest BCUT2D eigenvalue weighted by Gasteiger charge is 2.36. The molecule has 1 amide bonds. The Bertz CT molecular complexity index is 595. The van der Waals surface area contributed by atoms with E-state index in [0.29, 0.717) is 5.56 Å². The monoisotopic (exact) mass is 299 g/mol. The molecule has 0 aliphatic carbocycles. The molecule has 5 nitrogen and oxygen atoms in total. The van der Waals surface area contributed by atoms with E-state index in [1.165, 1.54) is 24.3 Å². The molecule has 0 heterocycles. The first-order valence-corrected chi connectivity index (χ1v) is 8.09. The highest BCUT2D eigenvalue weighted by Crippen LogP contribution is 2.21. The second kappa shape index (κ2) is 5.18. The minimum absolute atomic E-state index is 0.163. The van der Waals surface area contributed by atoms with Crippen molar-refractivity contribution in [3.8, 4) is 0 Å². The minimum Gasteiger partial charge on any atom is -0.388 e. The van der Waals surface area contributed by atoms with Crippen molar-refractivity contribution in [2.45, 2.75) is 43.7 Å². The molecule has 0 bridgehead atoms. The minimum atomic E-state index is -3.28. The van der Waals surface area contributed by atoms with Gasteiger partial charge in [0.15, 0.2) is 9.84 Å². The van der Waals surface area contributed by atoms with Gasteiger partial charge in [0.05, 0.1) is 16.0 Å². The number of nitrogens with one attached hydrogen (secondary N) is 1. The van der Waals surface area contributed by atoms with Crippen LogP contribution in [0, 0.1) is 0 Å². The number of amides is 1. The van der Waals surface area contributed by atoms with E-state index in [-0.39, 0.29) is 10.8 Å². The summed E-state index contributed by atoms with van der Waals surface area (Å²) >= 11 is 0. The third kappa shape index (κ3) is 3.80. The number of hydrogen-bond donors (Lipinski definition) is 2. The van der Waals surface area contributed by atoms with E-state index in [1.807, 2.05) is 0 Å². The normalized spacial score (nSPS) is 13.1. The molecule has 0 aromatic heterocycles. The molecule has 1 aromatic rings. The van der Waals surface area contributed by atoms with Crippen LogP contribution in [0.5, 0.6) is 0 Å². The van der Waals surface area contributed by atoms with Crippen LogP contribution in [0.3, 0.4) is 0 Å². The molecule has 0 atom stereocenters. The molecule has 2 N–H and O–H groups in total. The van der Waals surface area contributed by atoms with Crippen LogP contribution < -0.4 is 5.32 Å². The summed E-state index contributed by atoms with van der Waals surface area (Å²) in [6.07, 6.45) is 1.11. The Kier molecular flexibility index (Phi) is 4.31. The maximum Gasteiger partial charge on any atom is 0.251 e. The van der Waals surface area contributed by atoms with Gasteiger partial charge in [0.1, 0.15) is 0 Å². The summed E-state index contributed by atoms with van der Waals surface area (Å²) in [6.45, 7) is 6.66. The summed E-state index contributed by atoms with van der Waals surface area (Å²) in [5, 5.41) is 12.7. The topological polar surface area (TPSA) is 83.5 Å². The fourth-order valence-corrected chi connectivity index (χ4v) is 1.99. The Morgan fingerprint density at radius 2 is 1.55 bits per heavy atom. The third-order valence-corrected chi connectivity index (χ3v) is 4.63. The molecular formula is C14H21NO4S. The lowest BCUT2D eigenvalue weighted by molar-refractivity contribution is -0.00292. The van der Waals surface area contributed by atoms with Crippen LogP contribution in [0.1, 0.15) is 38.1 Å². The van der Waals surface area contributed by atoms with Crippen molar-refractivity contribution < 1.29 is 18.3 Å². The average Bonchev–Trinajstić information content (AvgIpc) is 2.26. The standard InChI is InChI=1S/C14H21NO4S/c1-13(2,14(3,4)17)15-12(16)10-6-8-11(9-7-10)20(5,18)19/h6-9,17H,1-5H3,(H,15,16). The Labute approximate surface area is 119 Å². The summed E-state index contributed by atoms with van der Waals surface area (Å²) in [5.41, 5.74) is -1.57. The average molecular weight is 299 g/mol. The van der Waals surface area contributed by atoms with Crippen molar-refractivity contribution in [1.29, 1.82) is 0 Å². The molecule has 0 saturated carbocycles. The van der Waals surface area contributed by atoms with Crippen LogP contribution in [0.25, 0.3) is 0 Å². The molecule has 0 unspecified atom stereocenters. The molecular weight excluding hydrogens is 278 g/mol. The first kappa shape index (κ1) is 16.7. The Morgan fingerprint density at radius 1 is 1.10 bits per heavy atom. The number of carbonyl (C=O) groups is 1. The Morgan fingerprint density at radius 3 is 1.90 bits per heavy atom. The van der Waals surface area contributed by atoms with Crippen molar-refractivity contribution in [3.05, 3.63) is 29.8 Å². The van der Waals surface area contributed by atoms with E-state index < -0.39 is 21.0 Å². The lowest BCUT2D eigenvalue weighted by Crippen LogP contribution is -2.57. The summed E-state index contributed by atoms with van der Waals surface area (Å²) in [6, 6.07) is 5.68. The van der Waals surface area contributed by atoms with E-state index in [9.17, 15) is 18.3 Å². The van der Waals surface area contributed by atoms with Crippen molar-refractivity contribution in [3.63, 3.8) is 0 Å². The molecule has 20 heavy (non-hydrogen) atoms.